The fourth-order valence-corrected chi connectivity index (χ4v) is 2.49. The molecule has 136 valence electrons. The van der Waals surface area contributed by atoms with Gasteiger partial charge in [0.05, 0.1) is 11.5 Å². The van der Waals surface area contributed by atoms with Gasteiger partial charge < -0.3 is 4.74 Å². The lowest BCUT2D eigenvalue weighted by molar-refractivity contribution is -0.384. The molecule has 2 aromatic rings. The molecule has 0 bridgehead atoms. The Kier molecular flexibility index (Phi) is 6.16. The van der Waals surface area contributed by atoms with Crippen LogP contribution in [0.3, 0.4) is 0 Å². The average Bonchev–Trinajstić information content (AvgIpc) is 2.61. The predicted octanol–water partition coefficient (Wildman–Crippen LogP) is 4.03. The summed E-state index contributed by atoms with van der Waals surface area (Å²) in [6.07, 6.45) is -0.360. The summed E-state index contributed by atoms with van der Waals surface area (Å²) >= 11 is 0. The molecule has 0 aliphatic carbocycles. The lowest BCUT2D eigenvalue weighted by atomic mass is 9.92. The lowest BCUT2D eigenvalue weighted by Crippen LogP contribution is -2.16. The minimum atomic E-state index is -0.653. The summed E-state index contributed by atoms with van der Waals surface area (Å²) in [4.78, 5) is 33.7. The van der Waals surface area contributed by atoms with Gasteiger partial charge in [-0.25, -0.2) is 4.39 Å². The standard InChI is InChI=1S/C19H18FNO5/c1-3-26-19(23)11-18(22)12(2)14-6-9-16(17(20)10-14)13-4-7-15(8-5-13)21(24)25/h4-10,12H,3,11H2,1-2H3. The molecule has 0 spiro atoms. The van der Waals surface area contributed by atoms with E-state index in [1.54, 1.807) is 19.9 Å². The van der Waals surface area contributed by atoms with E-state index in [2.05, 4.69) is 0 Å². The van der Waals surface area contributed by atoms with Gasteiger partial charge in [-0.2, -0.15) is 0 Å². The molecule has 1 atom stereocenters. The highest BCUT2D eigenvalue weighted by atomic mass is 19.1. The first kappa shape index (κ1) is 19.2. The van der Waals surface area contributed by atoms with E-state index in [1.807, 2.05) is 0 Å². The third kappa shape index (κ3) is 4.50. The molecule has 0 fully saturated rings. The number of ketones is 1. The van der Waals surface area contributed by atoms with Crippen molar-refractivity contribution in [1.29, 1.82) is 0 Å². The molecular weight excluding hydrogens is 341 g/mol. The number of nitro groups is 1. The van der Waals surface area contributed by atoms with E-state index in [0.29, 0.717) is 11.1 Å². The van der Waals surface area contributed by atoms with Crippen molar-refractivity contribution in [2.45, 2.75) is 26.2 Å². The molecule has 0 aromatic heterocycles. The van der Waals surface area contributed by atoms with Gasteiger partial charge in [0.2, 0.25) is 0 Å². The average molecular weight is 359 g/mol. The largest absolute Gasteiger partial charge is 0.466 e. The maximum atomic E-state index is 14.5. The van der Waals surface area contributed by atoms with Crippen LogP contribution < -0.4 is 0 Å². The first-order valence-corrected chi connectivity index (χ1v) is 8.06. The molecule has 1 unspecified atom stereocenters. The molecule has 0 radical (unpaired) electrons. The second kappa shape index (κ2) is 8.33. The number of rotatable bonds is 7. The van der Waals surface area contributed by atoms with Crippen molar-refractivity contribution in [3.8, 4) is 11.1 Å². The fourth-order valence-electron chi connectivity index (χ4n) is 2.49. The summed E-state index contributed by atoms with van der Waals surface area (Å²) in [5.41, 5.74) is 1.13. The van der Waals surface area contributed by atoms with Crippen molar-refractivity contribution in [2.75, 3.05) is 6.61 Å². The van der Waals surface area contributed by atoms with Crippen LogP contribution in [0.2, 0.25) is 0 Å². The number of halogens is 1. The van der Waals surface area contributed by atoms with Crippen LogP contribution in [-0.2, 0) is 14.3 Å². The SMILES string of the molecule is CCOC(=O)CC(=O)C(C)c1ccc(-c2ccc([N+](=O)[O-])cc2)c(F)c1. The van der Waals surface area contributed by atoms with Crippen LogP contribution in [0.15, 0.2) is 42.5 Å². The number of Topliss-reactive ketones (excluding diaryl/α,β-unsaturated/α-hetero) is 1. The number of non-ortho nitro benzene ring substituents is 1. The highest BCUT2D eigenvalue weighted by Gasteiger charge is 2.20. The normalized spacial score (nSPS) is 11.7. The summed E-state index contributed by atoms with van der Waals surface area (Å²) in [5, 5.41) is 10.7. The number of ether oxygens (including phenoxy) is 1. The minimum Gasteiger partial charge on any atom is -0.466 e. The van der Waals surface area contributed by atoms with Gasteiger partial charge in [0.15, 0.2) is 5.78 Å². The van der Waals surface area contributed by atoms with Crippen LogP contribution in [0.4, 0.5) is 10.1 Å². The van der Waals surface area contributed by atoms with Crippen molar-refractivity contribution >= 4 is 17.4 Å². The number of hydrogen-bond acceptors (Lipinski definition) is 5. The van der Waals surface area contributed by atoms with E-state index in [0.717, 1.165) is 0 Å². The van der Waals surface area contributed by atoms with Gasteiger partial charge in [-0.1, -0.05) is 19.1 Å². The van der Waals surface area contributed by atoms with Crippen molar-refractivity contribution in [2.24, 2.45) is 0 Å². The van der Waals surface area contributed by atoms with Crippen LogP contribution in [0, 0.1) is 15.9 Å². The molecular formula is C19H18FNO5. The summed E-state index contributed by atoms with van der Waals surface area (Å²) in [5.74, 6) is -2.16. The number of carbonyl (C=O) groups excluding carboxylic acids is 2. The highest BCUT2D eigenvalue weighted by molar-refractivity contribution is 5.99. The van der Waals surface area contributed by atoms with Gasteiger partial charge in [-0.15, -0.1) is 0 Å². The summed E-state index contributed by atoms with van der Waals surface area (Å²) < 4.78 is 19.2. The maximum absolute atomic E-state index is 14.5. The molecule has 0 aliphatic rings. The Labute approximate surface area is 149 Å². The fraction of sp³-hybridized carbons (Fsp3) is 0.263. The first-order valence-electron chi connectivity index (χ1n) is 8.06. The number of nitrogens with zero attached hydrogens (tertiary/aromatic N) is 1. The second-order valence-corrected chi connectivity index (χ2v) is 5.71. The zero-order valence-electron chi connectivity index (χ0n) is 14.4. The van der Waals surface area contributed by atoms with Crippen LogP contribution in [0.5, 0.6) is 0 Å². The van der Waals surface area contributed by atoms with Gasteiger partial charge in [-0.3, -0.25) is 19.7 Å². The molecule has 0 N–H and O–H groups in total. The smallest absolute Gasteiger partial charge is 0.313 e. The van der Waals surface area contributed by atoms with E-state index < -0.39 is 22.6 Å². The van der Waals surface area contributed by atoms with Crippen LogP contribution in [0.1, 0.15) is 31.7 Å². The minimum absolute atomic E-state index is 0.0797. The number of nitro benzene ring substituents is 1. The van der Waals surface area contributed by atoms with Crippen molar-refractivity contribution in [1.82, 2.24) is 0 Å². The Morgan fingerprint density at radius 1 is 1.19 bits per heavy atom. The quantitative estimate of drug-likeness (QED) is 0.322. The lowest BCUT2D eigenvalue weighted by Gasteiger charge is -2.12. The van der Waals surface area contributed by atoms with E-state index in [-0.39, 0.29) is 30.1 Å². The number of carbonyl (C=O) groups is 2. The molecule has 26 heavy (non-hydrogen) atoms. The zero-order chi connectivity index (χ0) is 19.3. The topological polar surface area (TPSA) is 86.5 Å². The zero-order valence-corrected chi connectivity index (χ0v) is 14.4. The number of hydrogen-bond donors (Lipinski definition) is 0. The van der Waals surface area contributed by atoms with E-state index in [9.17, 15) is 24.1 Å². The molecule has 6 nitrogen and oxygen atoms in total. The first-order chi connectivity index (χ1) is 12.3. The second-order valence-electron chi connectivity index (χ2n) is 5.71. The molecule has 0 saturated carbocycles. The van der Waals surface area contributed by atoms with Crippen molar-refractivity contribution < 1.29 is 23.6 Å². The summed E-state index contributed by atoms with van der Waals surface area (Å²) in [6, 6.07) is 9.89. The van der Waals surface area contributed by atoms with Gasteiger partial charge in [0.25, 0.3) is 5.69 Å². The molecule has 0 saturated heterocycles. The van der Waals surface area contributed by atoms with Crippen LogP contribution in [0.25, 0.3) is 11.1 Å². The van der Waals surface area contributed by atoms with Crippen LogP contribution >= 0.6 is 0 Å². The third-order valence-corrected chi connectivity index (χ3v) is 3.99. The molecule has 0 heterocycles. The van der Waals surface area contributed by atoms with Crippen molar-refractivity contribution in [3.63, 3.8) is 0 Å². The van der Waals surface area contributed by atoms with E-state index in [1.165, 1.54) is 36.4 Å². The van der Waals surface area contributed by atoms with E-state index >= 15 is 0 Å². The third-order valence-electron chi connectivity index (χ3n) is 3.99. The molecule has 7 heteroatoms. The molecule has 0 amide bonds. The Hall–Kier alpha value is -3.09. The van der Waals surface area contributed by atoms with Gasteiger partial charge in [0, 0.05) is 23.6 Å². The Balaban J connectivity index is 2.19. The Bertz CT molecular complexity index is 832. The molecule has 2 rings (SSSR count). The van der Waals surface area contributed by atoms with Crippen LogP contribution in [-0.4, -0.2) is 23.3 Å². The van der Waals surface area contributed by atoms with Gasteiger partial charge in [-0.05, 0) is 36.2 Å². The van der Waals surface area contributed by atoms with Gasteiger partial charge in [0.1, 0.15) is 12.2 Å². The number of benzene rings is 2. The summed E-state index contributed by atoms with van der Waals surface area (Å²) in [7, 11) is 0. The maximum Gasteiger partial charge on any atom is 0.313 e. The van der Waals surface area contributed by atoms with E-state index in [4.69, 9.17) is 4.74 Å². The highest BCUT2D eigenvalue weighted by Crippen LogP contribution is 2.28. The molecule has 0 aliphatic heterocycles. The Morgan fingerprint density at radius 3 is 2.38 bits per heavy atom. The van der Waals surface area contributed by atoms with Gasteiger partial charge >= 0.3 is 5.97 Å². The molecule has 2 aromatic carbocycles. The number of esters is 1. The van der Waals surface area contributed by atoms with Crippen molar-refractivity contribution in [3.05, 3.63) is 64.0 Å². The predicted molar refractivity (Wildman–Crippen MR) is 93.2 cm³/mol. The Morgan fingerprint density at radius 2 is 1.85 bits per heavy atom. The monoisotopic (exact) mass is 359 g/mol. The summed E-state index contributed by atoms with van der Waals surface area (Å²) in [6.45, 7) is 3.44.